The summed E-state index contributed by atoms with van der Waals surface area (Å²) < 4.78 is 7.64. The average molecular weight is 465 g/mol. The Labute approximate surface area is 200 Å². The fraction of sp³-hybridized carbons (Fsp3) is 0.577. The van der Waals surface area contributed by atoms with Gasteiger partial charge < -0.3 is 19.9 Å². The molecule has 1 saturated heterocycles. The molecule has 1 aromatic carbocycles. The van der Waals surface area contributed by atoms with E-state index in [4.69, 9.17) is 14.8 Å². The lowest BCUT2D eigenvalue weighted by atomic mass is 9.86. The molecule has 8 nitrogen and oxygen atoms in total. The van der Waals surface area contributed by atoms with Gasteiger partial charge in [0.05, 0.1) is 18.4 Å². The molecule has 34 heavy (non-hydrogen) atoms. The number of benzene rings is 1. The molecule has 1 saturated carbocycles. The zero-order valence-corrected chi connectivity index (χ0v) is 20.6. The first-order chi connectivity index (χ1) is 16.6. The standard InChI is InChI=1S/C26H36N6O2/c1-4-32-25-22(23(30-32)17-8-6-5-7-9-17)26(33)29-24(28-25)20-11-10-19(16-21(20)34-3)31-14-12-18(27-2)13-15-31/h10-11,16-18,27H,4-9,12-15H2,1-3H3,(H,28,29,33). The normalized spacial score (nSPS) is 18.0. The largest absolute Gasteiger partial charge is 0.496 e. The summed E-state index contributed by atoms with van der Waals surface area (Å²) in [5.41, 5.74) is 3.40. The molecule has 1 aliphatic heterocycles. The smallest absolute Gasteiger partial charge is 0.262 e. The number of hydrogen-bond donors (Lipinski definition) is 2. The topological polar surface area (TPSA) is 88.1 Å². The molecule has 0 bridgehead atoms. The van der Waals surface area contributed by atoms with Crippen molar-refractivity contribution >= 4 is 16.7 Å². The maximum Gasteiger partial charge on any atom is 0.262 e. The van der Waals surface area contributed by atoms with Crippen LogP contribution in [0.3, 0.4) is 0 Å². The van der Waals surface area contributed by atoms with Crippen molar-refractivity contribution in [2.75, 3.05) is 32.1 Å². The summed E-state index contributed by atoms with van der Waals surface area (Å²) in [4.78, 5) is 23.7. The number of nitrogens with zero attached hydrogens (tertiary/aromatic N) is 4. The number of methoxy groups -OCH3 is 1. The second kappa shape index (κ2) is 9.78. The van der Waals surface area contributed by atoms with Gasteiger partial charge in [0.1, 0.15) is 17.0 Å². The van der Waals surface area contributed by atoms with E-state index >= 15 is 0 Å². The first kappa shape index (κ1) is 22.9. The SMILES string of the molecule is CCn1nc(C2CCCCC2)c2c(=O)[nH]c(-c3ccc(N4CCC(NC)CC4)cc3OC)nc21. The molecule has 2 N–H and O–H groups in total. The summed E-state index contributed by atoms with van der Waals surface area (Å²) >= 11 is 0. The highest BCUT2D eigenvalue weighted by molar-refractivity contribution is 5.81. The van der Waals surface area contributed by atoms with Crippen LogP contribution in [0.2, 0.25) is 0 Å². The van der Waals surface area contributed by atoms with E-state index in [1.807, 2.05) is 24.7 Å². The van der Waals surface area contributed by atoms with E-state index in [1.165, 1.54) is 19.3 Å². The van der Waals surface area contributed by atoms with Crippen LogP contribution in [0.4, 0.5) is 5.69 Å². The molecule has 2 fully saturated rings. The predicted octanol–water partition coefficient (Wildman–Crippen LogP) is 4.05. The summed E-state index contributed by atoms with van der Waals surface area (Å²) in [6.45, 7) is 4.74. The number of ether oxygens (including phenoxy) is 1. The lowest BCUT2D eigenvalue weighted by Crippen LogP contribution is -2.41. The van der Waals surface area contributed by atoms with E-state index in [9.17, 15) is 4.79 Å². The molecule has 0 spiro atoms. The Hall–Kier alpha value is -2.87. The summed E-state index contributed by atoms with van der Waals surface area (Å²) in [6.07, 6.45) is 8.10. The molecule has 0 unspecified atom stereocenters. The van der Waals surface area contributed by atoms with Gasteiger partial charge >= 0.3 is 0 Å². The molecule has 3 heterocycles. The molecule has 8 heteroatoms. The van der Waals surface area contributed by atoms with Crippen molar-refractivity contribution in [3.05, 3.63) is 34.2 Å². The van der Waals surface area contributed by atoms with E-state index in [2.05, 4.69) is 27.3 Å². The number of H-pyrrole nitrogens is 1. The van der Waals surface area contributed by atoms with Crippen molar-refractivity contribution in [2.45, 2.75) is 70.4 Å². The lowest BCUT2D eigenvalue weighted by molar-refractivity contribution is 0.415. The fourth-order valence-corrected chi connectivity index (χ4v) is 5.61. The fourth-order valence-electron chi connectivity index (χ4n) is 5.61. The molecule has 0 amide bonds. The number of aryl methyl sites for hydroxylation is 1. The van der Waals surface area contributed by atoms with E-state index in [-0.39, 0.29) is 5.56 Å². The quantitative estimate of drug-likeness (QED) is 0.572. The number of anilines is 1. The minimum Gasteiger partial charge on any atom is -0.496 e. The van der Waals surface area contributed by atoms with Gasteiger partial charge in [-0.15, -0.1) is 0 Å². The zero-order chi connectivity index (χ0) is 23.7. The summed E-state index contributed by atoms with van der Waals surface area (Å²) in [6, 6.07) is 6.76. The number of aromatic nitrogens is 4. The van der Waals surface area contributed by atoms with Crippen LogP contribution in [0, 0.1) is 0 Å². The third-order valence-corrected chi connectivity index (χ3v) is 7.63. The van der Waals surface area contributed by atoms with Crippen molar-refractivity contribution in [3.63, 3.8) is 0 Å². The van der Waals surface area contributed by atoms with Gasteiger partial charge in [-0.2, -0.15) is 5.10 Å². The minimum atomic E-state index is -0.111. The summed E-state index contributed by atoms with van der Waals surface area (Å²) in [5, 5.41) is 8.88. The Morgan fingerprint density at radius 1 is 1.15 bits per heavy atom. The number of aromatic amines is 1. The van der Waals surface area contributed by atoms with Gasteiger partial charge in [0, 0.05) is 43.3 Å². The van der Waals surface area contributed by atoms with Crippen molar-refractivity contribution in [1.82, 2.24) is 25.1 Å². The number of nitrogens with one attached hydrogen (secondary N) is 2. The lowest BCUT2D eigenvalue weighted by Gasteiger charge is -2.33. The molecule has 5 rings (SSSR count). The highest BCUT2D eigenvalue weighted by atomic mass is 16.5. The third kappa shape index (κ3) is 4.19. The Morgan fingerprint density at radius 3 is 2.59 bits per heavy atom. The molecule has 2 aromatic heterocycles. The van der Waals surface area contributed by atoms with Crippen LogP contribution < -0.4 is 20.5 Å². The van der Waals surface area contributed by atoms with Gasteiger partial charge in [-0.05, 0) is 51.8 Å². The molecule has 3 aromatic rings. The molecule has 2 aliphatic rings. The average Bonchev–Trinajstić information content (AvgIpc) is 3.28. The molecule has 0 radical (unpaired) electrons. The minimum absolute atomic E-state index is 0.111. The van der Waals surface area contributed by atoms with Gasteiger partial charge in [-0.3, -0.25) is 4.79 Å². The molecular formula is C26H36N6O2. The number of piperidine rings is 1. The summed E-state index contributed by atoms with van der Waals surface area (Å²) in [5.74, 6) is 1.59. The van der Waals surface area contributed by atoms with E-state index in [1.54, 1.807) is 7.11 Å². The van der Waals surface area contributed by atoms with E-state index < -0.39 is 0 Å². The molecule has 182 valence electrons. The van der Waals surface area contributed by atoms with Gasteiger partial charge in [0.2, 0.25) is 0 Å². The molecule has 0 atom stereocenters. The van der Waals surface area contributed by atoms with Crippen molar-refractivity contribution < 1.29 is 4.74 Å². The maximum atomic E-state index is 13.3. The van der Waals surface area contributed by atoms with Gasteiger partial charge in [0.15, 0.2) is 5.65 Å². The third-order valence-electron chi connectivity index (χ3n) is 7.63. The van der Waals surface area contributed by atoms with Crippen LogP contribution in [-0.4, -0.2) is 53.0 Å². The predicted molar refractivity (Wildman–Crippen MR) is 136 cm³/mol. The first-order valence-electron chi connectivity index (χ1n) is 12.7. The number of hydrogen-bond acceptors (Lipinski definition) is 6. The van der Waals surface area contributed by atoms with Crippen molar-refractivity contribution in [3.8, 4) is 17.1 Å². The molecular weight excluding hydrogens is 428 g/mol. The molecule has 1 aliphatic carbocycles. The summed E-state index contributed by atoms with van der Waals surface area (Å²) in [7, 11) is 3.70. The highest BCUT2D eigenvalue weighted by Gasteiger charge is 2.26. The number of fused-ring (bicyclic) bond motifs is 1. The second-order valence-electron chi connectivity index (χ2n) is 9.58. The van der Waals surface area contributed by atoms with Crippen LogP contribution in [0.5, 0.6) is 5.75 Å². The van der Waals surface area contributed by atoms with Crippen LogP contribution in [0.1, 0.15) is 63.5 Å². The first-order valence-corrected chi connectivity index (χ1v) is 12.7. The monoisotopic (exact) mass is 464 g/mol. The maximum absolute atomic E-state index is 13.3. The van der Waals surface area contributed by atoms with Crippen molar-refractivity contribution in [1.29, 1.82) is 0 Å². The number of rotatable bonds is 6. The second-order valence-corrected chi connectivity index (χ2v) is 9.58. The van der Waals surface area contributed by atoms with Crippen LogP contribution in [0.15, 0.2) is 23.0 Å². The van der Waals surface area contributed by atoms with E-state index in [0.29, 0.717) is 41.1 Å². The Balaban J connectivity index is 1.52. The zero-order valence-electron chi connectivity index (χ0n) is 20.6. The van der Waals surface area contributed by atoms with Crippen molar-refractivity contribution in [2.24, 2.45) is 0 Å². The Morgan fingerprint density at radius 2 is 1.91 bits per heavy atom. The van der Waals surface area contributed by atoms with Gasteiger partial charge in [-0.1, -0.05) is 19.3 Å². The van der Waals surface area contributed by atoms with Crippen LogP contribution in [-0.2, 0) is 6.54 Å². The van der Waals surface area contributed by atoms with Crippen LogP contribution in [0.25, 0.3) is 22.4 Å². The van der Waals surface area contributed by atoms with Gasteiger partial charge in [0.25, 0.3) is 5.56 Å². The van der Waals surface area contributed by atoms with Gasteiger partial charge in [-0.25, -0.2) is 9.67 Å². The van der Waals surface area contributed by atoms with Crippen LogP contribution >= 0.6 is 0 Å². The Bertz CT molecular complexity index is 1200. The van der Waals surface area contributed by atoms with E-state index in [0.717, 1.165) is 55.7 Å². The highest BCUT2D eigenvalue weighted by Crippen LogP contribution is 2.36. The Kier molecular flexibility index (Phi) is 6.59.